The quantitative estimate of drug-likeness (QED) is 0.584. The van der Waals surface area contributed by atoms with Crippen molar-refractivity contribution in [3.05, 3.63) is 83.0 Å². The van der Waals surface area contributed by atoms with Crippen LogP contribution in [0.5, 0.6) is 0 Å². The fraction of sp³-hybridized carbons (Fsp3) is 0.250. The number of dihydropyridines is 1. The lowest BCUT2D eigenvalue weighted by molar-refractivity contribution is -0.138. The molecule has 0 aromatic heterocycles. The lowest BCUT2D eigenvalue weighted by Crippen LogP contribution is -2.52. The van der Waals surface area contributed by atoms with Crippen LogP contribution in [0.3, 0.4) is 0 Å². The molecule has 0 spiro atoms. The maximum atomic E-state index is 13.5. The van der Waals surface area contributed by atoms with Crippen LogP contribution >= 0.6 is 0 Å². The maximum absolute atomic E-state index is 13.5. The lowest BCUT2D eigenvalue weighted by atomic mass is 9.96. The Morgan fingerprint density at radius 1 is 1.28 bits per heavy atom. The van der Waals surface area contributed by atoms with Crippen LogP contribution in [0.15, 0.2) is 71.9 Å². The largest absolute Gasteiger partial charge is 0.416 e. The van der Waals surface area contributed by atoms with Gasteiger partial charge in [-0.2, -0.15) is 13.2 Å². The van der Waals surface area contributed by atoms with Gasteiger partial charge in [-0.15, -0.1) is 0 Å². The van der Waals surface area contributed by atoms with Gasteiger partial charge in [0.15, 0.2) is 0 Å². The summed E-state index contributed by atoms with van der Waals surface area (Å²) in [6.07, 6.45) is 3.79. The molecule has 0 aliphatic carbocycles. The first kappa shape index (κ1) is 19.1. The second kappa shape index (κ2) is 7.32. The molecule has 6 nitrogen and oxygen atoms in total. The molecule has 0 fully saturated rings. The summed E-state index contributed by atoms with van der Waals surface area (Å²) in [5.41, 5.74) is 4.22. The zero-order chi connectivity index (χ0) is 20.6. The third-order valence-electron chi connectivity index (χ3n) is 4.95. The lowest BCUT2D eigenvalue weighted by Gasteiger charge is -2.38. The first-order valence-corrected chi connectivity index (χ1v) is 9.12. The monoisotopic (exact) mass is 403 g/mol. The van der Waals surface area contributed by atoms with Crippen LogP contribution in [0, 0.1) is 0 Å². The van der Waals surface area contributed by atoms with Crippen LogP contribution in [0.2, 0.25) is 0 Å². The molecule has 3 heterocycles. The van der Waals surface area contributed by atoms with Crippen molar-refractivity contribution in [2.75, 3.05) is 6.54 Å². The second-order valence-electron chi connectivity index (χ2n) is 6.93. The summed E-state index contributed by atoms with van der Waals surface area (Å²) in [6.45, 7) is 2.42. The van der Waals surface area contributed by atoms with Crippen molar-refractivity contribution in [2.24, 2.45) is 0 Å². The number of hydrazine groups is 1. The zero-order valence-electron chi connectivity index (χ0n) is 15.5. The average Bonchev–Trinajstić information content (AvgIpc) is 3.13. The Hall–Kier alpha value is -3.20. The van der Waals surface area contributed by atoms with Gasteiger partial charge < -0.3 is 16.0 Å². The van der Waals surface area contributed by atoms with Gasteiger partial charge in [0.2, 0.25) is 0 Å². The highest BCUT2D eigenvalue weighted by molar-refractivity contribution is 5.94. The summed E-state index contributed by atoms with van der Waals surface area (Å²) in [5, 5.41) is 10.5. The number of nitrogens with one attached hydrogen (secondary N) is 4. The van der Waals surface area contributed by atoms with Crippen LogP contribution < -0.4 is 21.4 Å². The minimum atomic E-state index is -4.47. The third kappa shape index (κ3) is 3.73. The number of halogens is 3. The molecule has 152 valence electrons. The van der Waals surface area contributed by atoms with Crippen molar-refractivity contribution in [2.45, 2.75) is 25.3 Å². The van der Waals surface area contributed by atoms with Crippen molar-refractivity contribution < 1.29 is 18.0 Å². The fourth-order valence-electron chi connectivity index (χ4n) is 3.56. The number of hydrogen-bond donors (Lipinski definition) is 4. The summed E-state index contributed by atoms with van der Waals surface area (Å²) in [5.74, 6) is -0.358. The van der Waals surface area contributed by atoms with E-state index >= 15 is 0 Å². The fourth-order valence-corrected chi connectivity index (χ4v) is 3.56. The molecule has 0 radical (unpaired) electrons. The van der Waals surface area contributed by atoms with Crippen LogP contribution in [-0.4, -0.2) is 23.6 Å². The van der Waals surface area contributed by atoms with Crippen LogP contribution in [0.25, 0.3) is 0 Å². The number of allylic oxidation sites excluding steroid dienone is 1. The number of hydrogen-bond acceptors (Lipinski definition) is 5. The van der Waals surface area contributed by atoms with Crippen LogP contribution in [0.4, 0.5) is 13.2 Å². The smallest absolute Gasteiger partial charge is 0.387 e. The molecule has 3 aliphatic rings. The Morgan fingerprint density at radius 2 is 2.07 bits per heavy atom. The number of alkyl halides is 3. The Labute approximate surface area is 165 Å². The Morgan fingerprint density at radius 3 is 2.79 bits per heavy atom. The van der Waals surface area contributed by atoms with E-state index in [0.29, 0.717) is 17.9 Å². The molecule has 4 N–H and O–H groups in total. The van der Waals surface area contributed by atoms with E-state index in [4.69, 9.17) is 0 Å². The molecule has 0 saturated carbocycles. The zero-order valence-corrected chi connectivity index (χ0v) is 15.5. The molecule has 2 atom stereocenters. The SMILES string of the molecule is CC1=CC(c2ccccc2C(F)(F)F)NN2C(C(=O)NC3=CCNC=C3)=CNC12. The number of carbonyl (C=O) groups is 1. The van der Waals surface area contributed by atoms with Gasteiger partial charge in [0.25, 0.3) is 5.91 Å². The number of amides is 1. The van der Waals surface area contributed by atoms with E-state index in [1.165, 1.54) is 12.1 Å². The standard InChI is InChI=1S/C20H20F3N5O/c1-12-10-16(14-4-2-3-5-15(14)20(21,22)23)27-28-17(11-25-18(12)28)19(29)26-13-6-8-24-9-7-13/h2-8,10-11,16,18,24-25,27H,9H2,1H3,(H,26,29). The maximum Gasteiger partial charge on any atom is 0.416 e. The van der Waals surface area contributed by atoms with Gasteiger partial charge in [-0.25, -0.2) is 5.43 Å². The predicted octanol–water partition coefficient (Wildman–Crippen LogP) is 2.40. The second-order valence-corrected chi connectivity index (χ2v) is 6.93. The van der Waals surface area contributed by atoms with Gasteiger partial charge in [-0.3, -0.25) is 9.80 Å². The van der Waals surface area contributed by atoms with Gasteiger partial charge in [-0.1, -0.05) is 24.3 Å². The molecule has 9 heteroatoms. The van der Waals surface area contributed by atoms with Crippen molar-refractivity contribution >= 4 is 5.91 Å². The van der Waals surface area contributed by atoms with Gasteiger partial charge in [-0.05, 0) is 42.5 Å². The third-order valence-corrected chi connectivity index (χ3v) is 4.95. The average molecular weight is 403 g/mol. The van der Waals surface area contributed by atoms with Crippen molar-refractivity contribution in [1.82, 2.24) is 26.4 Å². The molecular weight excluding hydrogens is 383 g/mol. The van der Waals surface area contributed by atoms with Crippen LogP contribution in [-0.2, 0) is 11.0 Å². The van der Waals surface area contributed by atoms with Crippen molar-refractivity contribution in [1.29, 1.82) is 0 Å². The highest BCUT2D eigenvalue weighted by Gasteiger charge is 2.39. The molecule has 4 rings (SSSR count). The predicted molar refractivity (Wildman–Crippen MR) is 101 cm³/mol. The molecule has 0 bridgehead atoms. The summed E-state index contributed by atoms with van der Waals surface area (Å²) < 4.78 is 40.4. The van der Waals surface area contributed by atoms with Crippen molar-refractivity contribution in [3.63, 3.8) is 0 Å². The Balaban J connectivity index is 1.59. The number of carbonyl (C=O) groups excluding carboxylic acids is 1. The first-order valence-electron chi connectivity index (χ1n) is 9.12. The summed E-state index contributed by atoms with van der Waals surface area (Å²) in [6, 6.07) is 4.72. The number of nitrogens with zero attached hydrogens (tertiary/aromatic N) is 1. The van der Waals surface area contributed by atoms with Gasteiger partial charge in [0.05, 0.1) is 11.6 Å². The molecule has 29 heavy (non-hydrogen) atoms. The minimum absolute atomic E-state index is 0.105. The summed E-state index contributed by atoms with van der Waals surface area (Å²) in [7, 11) is 0. The molecular formula is C20H20F3N5O. The van der Waals surface area contributed by atoms with E-state index in [9.17, 15) is 18.0 Å². The minimum Gasteiger partial charge on any atom is -0.387 e. The van der Waals surface area contributed by atoms with Crippen LogP contribution in [0.1, 0.15) is 24.1 Å². The number of benzene rings is 1. The van der Waals surface area contributed by atoms with E-state index in [1.807, 2.05) is 13.0 Å². The highest BCUT2D eigenvalue weighted by Crippen LogP contribution is 2.37. The highest BCUT2D eigenvalue weighted by atomic mass is 19.4. The van der Waals surface area contributed by atoms with E-state index in [1.54, 1.807) is 35.6 Å². The molecule has 2 unspecified atom stereocenters. The molecule has 0 saturated heterocycles. The normalized spacial score (nSPS) is 23.3. The van der Waals surface area contributed by atoms with Gasteiger partial charge in [0.1, 0.15) is 11.9 Å². The van der Waals surface area contributed by atoms with E-state index < -0.39 is 17.8 Å². The van der Waals surface area contributed by atoms with E-state index in [0.717, 1.165) is 11.6 Å². The van der Waals surface area contributed by atoms with Crippen molar-refractivity contribution in [3.8, 4) is 0 Å². The molecule has 1 aromatic rings. The topological polar surface area (TPSA) is 68.4 Å². The van der Waals surface area contributed by atoms with E-state index in [2.05, 4.69) is 21.4 Å². The molecule has 1 amide bonds. The summed E-state index contributed by atoms with van der Waals surface area (Å²) >= 11 is 0. The molecule has 1 aromatic carbocycles. The Kier molecular flexibility index (Phi) is 4.83. The van der Waals surface area contributed by atoms with E-state index in [-0.39, 0.29) is 17.6 Å². The number of fused-ring (bicyclic) bond motifs is 1. The number of rotatable bonds is 3. The first-order chi connectivity index (χ1) is 13.8. The Bertz CT molecular complexity index is 948. The molecule has 3 aliphatic heterocycles. The van der Waals surface area contributed by atoms with Gasteiger partial charge >= 0.3 is 6.18 Å². The summed E-state index contributed by atoms with van der Waals surface area (Å²) in [4.78, 5) is 12.7. The van der Waals surface area contributed by atoms with Gasteiger partial charge in [0, 0.05) is 18.4 Å².